The second kappa shape index (κ2) is 5.03. The van der Waals surface area contributed by atoms with Gasteiger partial charge in [-0.3, -0.25) is 14.3 Å². The quantitative estimate of drug-likeness (QED) is 0.387. The lowest BCUT2D eigenvalue weighted by Crippen LogP contribution is -2.33. The van der Waals surface area contributed by atoms with E-state index in [-0.39, 0.29) is 21.8 Å². The number of anilines is 1. The van der Waals surface area contributed by atoms with Gasteiger partial charge in [-0.25, -0.2) is 4.98 Å². The molecule has 11 heteroatoms. The molecule has 0 unspecified atom stereocenters. The number of H-pyrrole nitrogens is 1. The van der Waals surface area contributed by atoms with E-state index in [0.717, 1.165) is 0 Å². The molecule has 0 aromatic carbocycles. The standard InChI is InChI=1S/C10H12BrN5O5/c11-9-13-3-6(14-10(12)15-7(3)20)16(9)8-5(19)4(18)2(1-17)21-8/h2,4-5,8,17-19H,1H2,(H3,12,14,15,20)/t2-,4-,5-,8+/m1/s1. The second-order valence-electron chi connectivity index (χ2n) is 4.60. The van der Waals surface area contributed by atoms with Crippen molar-refractivity contribution in [3.05, 3.63) is 15.1 Å². The van der Waals surface area contributed by atoms with Crippen molar-refractivity contribution < 1.29 is 20.1 Å². The number of aliphatic hydroxyl groups excluding tert-OH is 3. The number of halogens is 1. The molecule has 1 aliphatic rings. The number of rotatable bonds is 2. The summed E-state index contributed by atoms with van der Waals surface area (Å²) in [4.78, 5) is 22.0. The highest BCUT2D eigenvalue weighted by molar-refractivity contribution is 9.10. The molecule has 1 fully saturated rings. The van der Waals surface area contributed by atoms with E-state index in [1.807, 2.05) is 0 Å². The van der Waals surface area contributed by atoms with Crippen LogP contribution in [0.15, 0.2) is 9.53 Å². The predicted octanol–water partition coefficient (Wildman–Crippen LogP) is -1.92. The molecule has 2 aromatic heterocycles. The van der Waals surface area contributed by atoms with Crippen LogP contribution in [0.4, 0.5) is 5.95 Å². The maximum absolute atomic E-state index is 11.8. The third-order valence-corrected chi connectivity index (χ3v) is 3.86. The van der Waals surface area contributed by atoms with E-state index in [9.17, 15) is 15.0 Å². The number of aliphatic hydroxyl groups is 3. The third-order valence-electron chi connectivity index (χ3n) is 3.30. The smallest absolute Gasteiger partial charge is 0.280 e. The number of aromatic amines is 1. The van der Waals surface area contributed by atoms with Crippen molar-refractivity contribution in [2.24, 2.45) is 0 Å². The number of ether oxygens (including phenoxy) is 1. The van der Waals surface area contributed by atoms with Crippen molar-refractivity contribution in [1.82, 2.24) is 19.5 Å². The molecule has 0 saturated carbocycles. The Morgan fingerprint density at radius 3 is 2.71 bits per heavy atom. The number of hydrogen-bond donors (Lipinski definition) is 5. The zero-order chi connectivity index (χ0) is 15.3. The summed E-state index contributed by atoms with van der Waals surface area (Å²) in [6.07, 6.45) is -4.61. The van der Waals surface area contributed by atoms with Crippen LogP contribution in [-0.2, 0) is 4.74 Å². The number of imidazole rings is 1. The van der Waals surface area contributed by atoms with Gasteiger partial charge in [0.25, 0.3) is 5.56 Å². The average Bonchev–Trinajstić information content (AvgIpc) is 2.89. The van der Waals surface area contributed by atoms with Gasteiger partial charge in [-0.05, 0) is 15.9 Å². The molecule has 0 amide bonds. The van der Waals surface area contributed by atoms with Crippen LogP contribution in [0.5, 0.6) is 0 Å². The van der Waals surface area contributed by atoms with Gasteiger partial charge in [0.15, 0.2) is 22.1 Å². The van der Waals surface area contributed by atoms with Gasteiger partial charge >= 0.3 is 0 Å². The van der Waals surface area contributed by atoms with Crippen LogP contribution in [0.2, 0.25) is 0 Å². The van der Waals surface area contributed by atoms with Crippen LogP contribution < -0.4 is 11.3 Å². The largest absolute Gasteiger partial charge is 0.394 e. The summed E-state index contributed by atoms with van der Waals surface area (Å²) >= 11 is 3.15. The van der Waals surface area contributed by atoms with Crippen molar-refractivity contribution in [2.75, 3.05) is 12.3 Å². The molecule has 1 aliphatic heterocycles. The van der Waals surface area contributed by atoms with Crippen LogP contribution in [0.1, 0.15) is 6.23 Å². The lowest BCUT2D eigenvalue weighted by atomic mass is 10.1. The summed E-state index contributed by atoms with van der Waals surface area (Å²) in [5, 5.41) is 29.0. The van der Waals surface area contributed by atoms with Gasteiger partial charge in [-0.1, -0.05) is 0 Å². The van der Waals surface area contributed by atoms with Gasteiger partial charge in [0.2, 0.25) is 5.95 Å². The highest BCUT2D eigenvalue weighted by Crippen LogP contribution is 2.33. The fraction of sp³-hybridized carbons (Fsp3) is 0.500. The van der Waals surface area contributed by atoms with Crippen LogP contribution in [0.3, 0.4) is 0 Å². The molecular weight excluding hydrogens is 350 g/mol. The molecule has 0 bridgehead atoms. The maximum atomic E-state index is 11.8. The van der Waals surface area contributed by atoms with Gasteiger partial charge in [-0.2, -0.15) is 4.98 Å². The SMILES string of the molecule is Nc1nc2c(nc(Br)n2[C@H]2O[C@H](CO)[C@@H](O)[C@H]2O)c(=O)[nH]1. The Bertz CT molecular complexity index is 745. The van der Waals surface area contributed by atoms with Crippen molar-refractivity contribution in [3.63, 3.8) is 0 Å². The molecule has 114 valence electrons. The number of fused-ring (bicyclic) bond motifs is 1. The molecule has 0 radical (unpaired) electrons. The van der Waals surface area contributed by atoms with Crippen molar-refractivity contribution in [3.8, 4) is 0 Å². The lowest BCUT2D eigenvalue weighted by Gasteiger charge is -2.17. The monoisotopic (exact) mass is 361 g/mol. The topological polar surface area (TPSA) is 160 Å². The fourth-order valence-electron chi connectivity index (χ4n) is 2.29. The van der Waals surface area contributed by atoms with Gasteiger partial charge in [0, 0.05) is 0 Å². The third kappa shape index (κ3) is 2.13. The van der Waals surface area contributed by atoms with Crippen LogP contribution in [0, 0.1) is 0 Å². The van der Waals surface area contributed by atoms with Crippen molar-refractivity contribution in [2.45, 2.75) is 24.5 Å². The Balaban J connectivity index is 2.17. The zero-order valence-corrected chi connectivity index (χ0v) is 12.1. The predicted molar refractivity (Wildman–Crippen MR) is 73.3 cm³/mol. The summed E-state index contributed by atoms with van der Waals surface area (Å²) in [6.45, 7) is -0.463. The highest BCUT2D eigenvalue weighted by Gasteiger charge is 2.44. The number of nitrogen functional groups attached to an aromatic ring is 1. The highest BCUT2D eigenvalue weighted by atomic mass is 79.9. The van der Waals surface area contributed by atoms with Crippen molar-refractivity contribution >= 4 is 33.0 Å². The van der Waals surface area contributed by atoms with Crippen LogP contribution in [0.25, 0.3) is 11.2 Å². The summed E-state index contributed by atoms with van der Waals surface area (Å²) < 4.78 is 6.87. The Morgan fingerprint density at radius 1 is 1.38 bits per heavy atom. The minimum atomic E-state index is -1.32. The first-order valence-electron chi connectivity index (χ1n) is 5.99. The first kappa shape index (κ1) is 14.4. The Labute approximate surface area is 125 Å². The zero-order valence-electron chi connectivity index (χ0n) is 10.5. The number of nitrogens with one attached hydrogen (secondary N) is 1. The molecule has 4 atom stereocenters. The molecule has 21 heavy (non-hydrogen) atoms. The molecule has 0 aliphatic carbocycles. The summed E-state index contributed by atoms with van der Waals surface area (Å²) in [5.74, 6) is -0.118. The van der Waals surface area contributed by atoms with E-state index < -0.39 is 36.7 Å². The summed E-state index contributed by atoms with van der Waals surface area (Å²) in [6, 6.07) is 0. The van der Waals surface area contributed by atoms with Gasteiger partial charge < -0.3 is 25.8 Å². The molecule has 2 aromatic rings. The first-order chi connectivity index (χ1) is 9.93. The number of aromatic nitrogens is 4. The average molecular weight is 362 g/mol. The number of nitrogens with two attached hydrogens (primary N) is 1. The Morgan fingerprint density at radius 2 is 2.10 bits per heavy atom. The van der Waals surface area contributed by atoms with E-state index in [4.69, 9.17) is 15.6 Å². The van der Waals surface area contributed by atoms with E-state index in [1.54, 1.807) is 0 Å². The summed E-state index contributed by atoms with van der Waals surface area (Å²) in [7, 11) is 0. The lowest BCUT2D eigenvalue weighted by molar-refractivity contribution is -0.0521. The van der Waals surface area contributed by atoms with E-state index in [2.05, 4.69) is 30.9 Å². The second-order valence-corrected chi connectivity index (χ2v) is 5.31. The normalized spacial score (nSPS) is 29.3. The first-order valence-corrected chi connectivity index (χ1v) is 6.79. The van der Waals surface area contributed by atoms with Gasteiger partial charge in [-0.15, -0.1) is 0 Å². The number of nitrogens with zero attached hydrogens (tertiary/aromatic N) is 3. The minimum Gasteiger partial charge on any atom is -0.394 e. The van der Waals surface area contributed by atoms with Gasteiger partial charge in [0.05, 0.1) is 6.61 Å². The van der Waals surface area contributed by atoms with Crippen LogP contribution in [-0.4, -0.2) is 59.8 Å². The minimum absolute atomic E-state index is 0.00816. The summed E-state index contributed by atoms with van der Waals surface area (Å²) in [5.41, 5.74) is 5.07. The molecule has 3 rings (SSSR count). The molecule has 3 heterocycles. The molecule has 6 N–H and O–H groups in total. The molecule has 10 nitrogen and oxygen atoms in total. The maximum Gasteiger partial charge on any atom is 0.280 e. The van der Waals surface area contributed by atoms with Gasteiger partial charge in [0.1, 0.15) is 18.3 Å². The Hall–Kier alpha value is -1.53. The molecule has 0 spiro atoms. The number of hydrogen-bond acceptors (Lipinski definition) is 8. The van der Waals surface area contributed by atoms with E-state index in [0.29, 0.717) is 0 Å². The molecular formula is C10H12BrN5O5. The van der Waals surface area contributed by atoms with E-state index in [1.165, 1.54) is 4.57 Å². The van der Waals surface area contributed by atoms with Crippen LogP contribution >= 0.6 is 15.9 Å². The molecule has 1 saturated heterocycles. The Kier molecular flexibility index (Phi) is 3.45. The fourth-order valence-corrected chi connectivity index (χ4v) is 2.84. The van der Waals surface area contributed by atoms with Crippen molar-refractivity contribution in [1.29, 1.82) is 0 Å². The van der Waals surface area contributed by atoms with E-state index >= 15 is 0 Å².